The fourth-order valence-electron chi connectivity index (χ4n) is 3.23. The lowest BCUT2D eigenvalue weighted by molar-refractivity contribution is -0.140. The summed E-state index contributed by atoms with van der Waals surface area (Å²) in [7, 11) is 0. The van der Waals surface area contributed by atoms with Gasteiger partial charge < -0.3 is 15.1 Å². The molecule has 2 fully saturated rings. The summed E-state index contributed by atoms with van der Waals surface area (Å²) in [6.07, 6.45) is 2.35. The Labute approximate surface area is 141 Å². The molecular formula is C17H22ClN3O2. The molecule has 124 valence electrons. The maximum Gasteiger partial charge on any atom is 0.239 e. The highest BCUT2D eigenvalue weighted by Gasteiger charge is 2.30. The van der Waals surface area contributed by atoms with E-state index in [4.69, 9.17) is 11.6 Å². The Kier molecular flexibility index (Phi) is 5.18. The van der Waals surface area contributed by atoms with Gasteiger partial charge in [-0.2, -0.15) is 0 Å². The molecule has 0 aliphatic carbocycles. The van der Waals surface area contributed by atoms with E-state index in [9.17, 15) is 9.59 Å². The highest BCUT2D eigenvalue weighted by Crippen LogP contribution is 2.14. The van der Waals surface area contributed by atoms with E-state index in [2.05, 4.69) is 5.32 Å². The van der Waals surface area contributed by atoms with Crippen molar-refractivity contribution in [2.45, 2.75) is 25.3 Å². The number of benzene rings is 1. The van der Waals surface area contributed by atoms with Crippen LogP contribution in [0.1, 0.15) is 18.4 Å². The van der Waals surface area contributed by atoms with Crippen LogP contribution in [0.25, 0.3) is 0 Å². The quantitative estimate of drug-likeness (QED) is 0.906. The highest BCUT2D eigenvalue weighted by atomic mass is 35.5. The van der Waals surface area contributed by atoms with Crippen LogP contribution in [0.3, 0.4) is 0 Å². The van der Waals surface area contributed by atoms with Gasteiger partial charge in [0.15, 0.2) is 0 Å². The Balaban J connectivity index is 1.50. The van der Waals surface area contributed by atoms with Crippen molar-refractivity contribution in [3.05, 3.63) is 34.9 Å². The first kappa shape index (κ1) is 16.3. The lowest BCUT2D eigenvalue weighted by Crippen LogP contribution is -2.54. The summed E-state index contributed by atoms with van der Waals surface area (Å²) in [5, 5.41) is 3.89. The number of carbonyl (C=O) groups is 2. The summed E-state index contributed by atoms with van der Waals surface area (Å²) in [6.45, 7) is 3.39. The molecule has 0 aromatic heterocycles. The van der Waals surface area contributed by atoms with Crippen LogP contribution in [0.5, 0.6) is 0 Å². The van der Waals surface area contributed by atoms with E-state index in [0.717, 1.165) is 24.9 Å². The van der Waals surface area contributed by atoms with Crippen LogP contribution in [0.2, 0.25) is 5.02 Å². The van der Waals surface area contributed by atoms with E-state index in [1.165, 1.54) is 0 Å². The minimum Gasteiger partial charge on any atom is -0.339 e. The van der Waals surface area contributed by atoms with Crippen LogP contribution in [0.4, 0.5) is 0 Å². The molecular weight excluding hydrogens is 314 g/mol. The number of halogens is 1. The average Bonchev–Trinajstić information content (AvgIpc) is 3.09. The molecule has 1 atom stereocenters. The van der Waals surface area contributed by atoms with Crippen molar-refractivity contribution in [2.75, 3.05) is 32.7 Å². The van der Waals surface area contributed by atoms with Gasteiger partial charge in [-0.3, -0.25) is 9.59 Å². The molecule has 1 aromatic carbocycles. The summed E-state index contributed by atoms with van der Waals surface area (Å²) < 4.78 is 0. The Morgan fingerprint density at radius 3 is 2.57 bits per heavy atom. The predicted molar refractivity (Wildman–Crippen MR) is 89.3 cm³/mol. The Morgan fingerprint density at radius 2 is 1.91 bits per heavy atom. The molecule has 2 aliphatic heterocycles. The number of nitrogens with one attached hydrogen (secondary N) is 1. The summed E-state index contributed by atoms with van der Waals surface area (Å²) in [4.78, 5) is 28.5. The van der Waals surface area contributed by atoms with Gasteiger partial charge >= 0.3 is 0 Å². The third-order valence-electron chi connectivity index (χ3n) is 4.55. The summed E-state index contributed by atoms with van der Waals surface area (Å²) >= 11 is 5.96. The van der Waals surface area contributed by atoms with E-state index in [1.54, 1.807) is 6.07 Å². The van der Waals surface area contributed by atoms with Gasteiger partial charge in [0.25, 0.3) is 0 Å². The number of hydrogen-bond acceptors (Lipinski definition) is 3. The average molecular weight is 336 g/mol. The molecule has 6 heteroatoms. The fraction of sp³-hybridized carbons (Fsp3) is 0.529. The number of piperazine rings is 1. The van der Waals surface area contributed by atoms with E-state index in [0.29, 0.717) is 37.6 Å². The molecule has 1 aromatic rings. The molecule has 2 amide bonds. The number of hydrogen-bond donors (Lipinski definition) is 1. The van der Waals surface area contributed by atoms with Crippen molar-refractivity contribution in [1.29, 1.82) is 0 Å². The molecule has 0 bridgehead atoms. The van der Waals surface area contributed by atoms with Gasteiger partial charge in [0.2, 0.25) is 11.8 Å². The topological polar surface area (TPSA) is 52.7 Å². The first-order valence-electron chi connectivity index (χ1n) is 8.18. The third kappa shape index (κ3) is 4.03. The molecule has 5 nitrogen and oxygen atoms in total. The molecule has 0 radical (unpaired) electrons. The van der Waals surface area contributed by atoms with Crippen molar-refractivity contribution >= 4 is 23.4 Å². The largest absolute Gasteiger partial charge is 0.339 e. The van der Waals surface area contributed by atoms with Gasteiger partial charge in [0.05, 0.1) is 12.5 Å². The van der Waals surface area contributed by atoms with Gasteiger partial charge in [0.1, 0.15) is 0 Å². The van der Waals surface area contributed by atoms with Crippen LogP contribution < -0.4 is 5.32 Å². The summed E-state index contributed by atoms with van der Waals surface area (Å²) in [5.41, 5.74) is 0.927. The van der Waals surface area contributed by atoms with Crippen molar-refractivity contribution < 1.29 is 9.59 Å². The maximum atomic E-state index is 12.4. The highest BCUT2D eigenvalue weighted by molar-refractivity contribution is 6.30. The number of rotatable bonds is 3. The Bertz CT molecular complexity index is 579. The monoisotopic (exact) mass is 335 g/mol. The fourth-order valence-corrected chi connectivity index (χ4v) is 3.44. The van der Waals surface area contributed by atoms with Gasteiger partial charge in [-0.15, -0.1) is 0 Å². The number of carbonyl (C=O) groups excluding carboxylic acids is 2. The first-order chi connectivity index (χ1) is 11.1. The lowest BCUT2D eigenvalue weighted by atomic mass is 10.1. The minimum absolute atomic E-state index is 0.0243. The molecule has 23 heavy (non-hydrogen) atoms. The van der Waals surface area contributed by atoms with E-state index in [1.807, 2.05) is 28.0 Å². The molecule has 2 saturated heterocycles. The van der Waals surface area contributed by atoms with E-state index in [-0.39, 0.29) is 17.9 Å². The van der Waals surface area contributed by atoms with Crippen molar-refractivity contribution in [1.82, 2.24) is 15.1 Å². The summed E-state index contributed by atoms with van der Waals surface area (Å²) in [6, 6.07) is 7.37. The number of nitrogens with zero attached hydrogens (tertiary/aromatic N) is 2. The zero-order chi connectivity index (χ0) is 16.2. The van der Waals surface area contributed by atoms with E-state index >= 15 is 0 Å². The van der Waals surface area contributed by atoms with Gasteiger partial charge in [-0.1, -0.05) is 23.7 Å². The smallest absolute Gasteiger partial charge is 0.239 e. The van der Waals surface area contributed by atoms with Crippen LogP contribution in [0.15, 0.2) is 24.3 Å². The van der Waals surface area contributed by atoms with Gasteiger partial charge in [0, 0.05) is 31.2 Å². The zero-order valence-corrected chi connectivity index (χ0v) is 13.9. The third-order valence-corrected chi connectivity index (χ3v) is 4.78. The molecule has 1 N–H and O–H groups in total. The van der Waals surface area contributed by atoms with Crippen LogP contribution in [-0.2, 0) is 16.0 Å². The second kappa shape index (κ2) is 7.32. The molecule has 1 unspecified atom stereocenters. The van der Waals surface area contributed by atoms with Gasteiger partial charge in [-0.05, 0) is 37.1 Å². The van der Waals surface area contributed by atoms with Crippen LogP contribution >= 0.6 is 11.6 Å². The number of amides is 2. The van der Waals surface area contributed by atoms with Crippen molar-refractivity contribution in [3.63, 3.8) is 0 Å². The zero-order valence-electron chi connectivity index (χ0n) is 13.1. The van der Waals surface area contributed by atoms with Crippen molar-refractivity contribution in [2.24, 2.45) is 0 Å². The van der Waals surface area contributed by atoms with Gasteiger partial charge in [-0.25, -0.2) is 0 Å². The van der Waals surface area contributed by atoms with Crippen molar-refractivity contribution in [3.8, 4) is 0 Å². The SMILES string of the molecule is O=C(Cc1cccc(Cl)c1)N1CCN(C(=O)C2CCCN2)CC1. The van der Waals surface area contributed by atoms with Crippen LogP contribution in [0, 0.1) is 0 Å². The Hall–Kier alpha value is -1.59. The lowest BCUT2D eigenvalue weighted by Gasteiger charge is -2.36. The second-order valence-corrected chi connectivity index (χ2v) is 6.60. The molecule has 2 aliphatic rings. The standard InChI is InChI=1S/C17H22ClN3O2/c18-14-4-1-3-13(11-14)12-16(22)20-7-9-21(10-8-20)17(23)15-5-2-6-19-15/h1,3-4,11,15,19H,2,5-10,12H2. The predicted octanol–water partition coefficient (Wildman–Crippen LogP) is 1.31. The second-order valence-electron chi connectivity index (χ2n) is 6.16. The molecule has 3 rings (SSSR count). The summed E-state index contributed by atoms with van der Waals surface area (Å²) in [5.74, 6) is 0.280. The minimum atomic E-state index is -0.0243. The molecule has 0 saturated carbocycles. The van der Waals surface area contributed by atoms with Crippen LogP contribution in [-0.4, -0.2) is 60.4 Å². The molecule has 0 spiro atoms. The first-order valence-corrected chi connectivity index (χ1v) is 8.55. The normalized spacial score (nSPS) is 21.5. The molecule has 2 heterocycles. The maximum absolute atomic E-state index is 12.4. The Morgan fingerprint density at radius 1 is 1.17 bits per heavy atom. The van der Waals surface area contributed by atoms with E-state index < -0.39 is 0 Å².